The van der Waals surface area contributed by atoms with E-state index in [1.165, 1.54) is 0 Å². The zero-order valence-corrected chi connectivity index (χ0v) is 5.29. The molecule has 0 heterocycles. The summed E-state index contributed by atoms with van der Waals surface area (Å²) in [5, 5.41) is 0. The first-order valence-electron chi connectivity index (χ1n) is 1.55. The molecule has 0 aliphatic rings. The van der Waals surface area contributed by atoms with E-state index in [1.807, 2.05) is 0 Å². The molecule has 2 atom stereocenters. The summed E-state index contributed by atoms with van der Waals surface area (Å²) < 4.78 is 9.60. The maximum absolute atomic E-state index is 9.60. The van der Waals surface area contributed by atoms with Crippen molar-refractivity contribution in [1.29, 1.82) is 0 Å². The van der Waals surface area contributed by atoms with Crippen molar-refractivity contribution in [3.8, 4) is 0 Å². The summed E-state index contributed by atoms with van der Waals surface area (Å²) in [6.07, 6.45) is 1.86. The minimum absolute atomic E-state index is 0.485. The van der Waals surface area contributed by atoms with Gasteiger partial charge in [-0.1, -0.05) is 0 Å². The van der Waals surface area contributed by atoms with Crippen LogP contribution in [0.2, 0.25) is 0 Å². The molecule has 32 valence electrons. The largest absolute Gasteiger partial charge is 0.330 e. The Kier molecular flexibility index (Phi) is 5.28. The van der Waals surface area contributed by atoms with Crippen LogP contribution >= 0.6 is 17.7 Å². The van der Waals surface area contributed by atoms with Gasteiger partial charge >= 0.3 is 0 Å². The van der Waals surface area contributed by atoms with Crippen molar-refractivity contribution in [1.82, 2.24) is 0 Å². The first-order valence-corrected chi connectivity index (χ1v) is 3.66. The Bertz CT molecular complexity index is 28.8. The van der Waals surface area contributed by atoms with Gasteiger partial charge in [0.15, 0.2) is 0 Å². The molecule has 0 aromatic heterocycles. The molecule has 0 N–H and O–H groups in total. The monoisotopic (exact) mass is 110 g/mol. The predicted octanol–water partition coefficient (Wildman–Crippen LogP) is 0.618. The van der Waals surface area contributed by atoms with E-state index in [4.69, 9.17) is 0 Å². The van der Waals surface area contributed by atoms with E-state index >= 15 is 0 Å². The smallest absolute Gasteiger partial charge is 0.0648 e. The molecule has 0 aromatic carbocycles. The van der Waals surface area contributed by atoms with Crippen molar-refractivity contribution in [3.05, 3.63) is 0 Å². The highest BCUT2D eigenvalue weighted by Gasteiger charge is 1.65. The van der Waals surface area contributed by atoms with Crippen LogP contribution in [0.25, 0.3) is 0 Å². The Morgan fingerprint density at radius 1 is 1.80 bits per heavy atom. The lowest BCUT2D eigenvalue weighted by atomic mass is 11.0. The van der Waals surface area contributed by atoms with Crippen molar-refractivity contribution in [3.63, 3.8) is 0 Å². The van der Waals surface area contributed by atoms with Crippen LogP contribution < -0.4 is 0 Å². The summed E-state index contributed by atoms with van der Waals surface area (Å²) in [4.78, 5) is 0. The third-order valence-corrected chi connectivity index (χ3v) is 1.85. The first kappa shape index (κ1) is 5.66. The van der Waals surface area contributed by atoms with E-state index in [0.717, 1.165) is 12.3 Å². The van der Waals surface area contributed by atoms with Crippen LogP contribution in [0.1, 0.15) is 0 Å². The molecule has 0 aromatic rings. The standard InChI is InChI=1S/C2H8OP2/c3-5-2-1-4/h1-2,4-5H2. The Hall–Kier alpha value is 0.660. The van der Waals surface area contributed by atoms with Crippen LogP contribution in [0.15, 0.2) is 0 Å². The molecule has 0 saturated carbocycles. The van der Waals surface area contributed by atoms with E-state index < -0.39 is 8.46 Å². The van der Waals surface area contributed by atoms with Crippen LogP contribution in [0, 0.1) is 0 Å². The molecule has 0 saturated heterocycles. The Morgan fingerprint density at radius 2 is 2.40 bits per heavy atom. The van der Waals surface area contributed by atoms with Crippen LogP contribution in [-0.4, -0.2) is 12.3 Å². The number of rotatable bonds is 2. The molecule has 0 radical (unpaired) electrons. The van der Waals surface area contributed by atoms with Crippen LogP contribution in [-0.2, 0) is 4.57 Å². The normalized spacial score (nSPS) is 10.6. The molecule has 0 amide bonds. The average Bonchev–Trinajstić information content (AvgIpc) is 1.41. The quantitative estimate of drug-likeness (QED) is 0.476. The van der Waals surface area contributed by atoms with Crippen LogP contribution in [0.5, 0.6) is 0 Å². The van der Waals surface area contributed by atoms with E-state index in [0.29, 0.717) is 0 Å². The minimum atomic E-state index is -0.485. The third-order valence-electron chi connectivity index (χ3n) is 0.285. The lowest BCUT2D eigenvalue weighted by Gasteiger charge is -1.70. The van der Waals surface area contributed by atoms with Crippen LogP contribution in [0.3, 0.4) is 0 Å². The third kappa shape index (κ3) is 4.66. The van der Waals surface area contributed by atoms with E-state index in [-0.39, 0.29) is 0 Å². The first-order chi connectivity index (χ1) is 2.41. The minimum Gasteiger partial charge on any atom is -0.330 e. The van der Waals surface area contributed by atoms with Gasteiger partial charge in [-0.15, -0.1) is 9.24 Å². The van der Waals surface area contributed by atoms with E-state index in [2.05, 4.69) is 9.24 Å². The Labute approximate surface area is 35.6 Å². The maximum atomic E-state index is 9.60. The fourth-order valence-electron chi connectivity index (χ4n) is 0.0680. The highest BCUT2D eigenvalue weighted by molar-refractivity contribution is 7.26. The summed E-state index contributed by atoms with van der Waals surface area (Å²) in [5.41, 5.74) is 0. The molecule has 0 bridgehead atoms. The zero-order chi connectivity index (χ0) is 4.12. The fraction of sp³-hybridized carbons (Fsp3) is 1.00. The van der Waals surface area contributed by atoms with Gasteiger partial charge in [0.1, 0.15) is 0 Å². The summed E-state index contributed by atoms with van der Waals surface area (Å²) in [6, 6.07) is 0. The topological polar surface area (TPSA) is 17.1 Å². The second-order valence-corrected chi connectivity index (χ2v) is 2.23. The molecule has 3 heteroatoms. The van der Waals surface area contributed by atoms with Gasteiger partial charge in [0.2, 0.25) is 0 Å². The number of hydrogen-bond acceptors (Lipinski definition) is 1. The number of hydrogen-bond donors (Lipinski definition) is 0. The van der Waals surface area contributed by atoms with Gasteiger partial charge in [-0.25, -0.2) is 0 Å². The lowest BCUT2D eigenvalue weighted by molar-refractivity contribution is 0.599. The molecular formula is C2H8OP2. The van der Waals surface area contributed by atoms with Gasteiger partial charge < -0.3 is 4.57 Å². The summed E-state index contributed by atoms with van der Waals surface area (Å²) in [6.45, 7) is 0. The molecule has 1 nitrogen and oxygen atoms in total. The molecule has 0 aliphatic carbocycles. The SMILES string of the molecule is O=[PH2]CCP. The molecular weight excluding hydrogens is 102 g/mol. The predicted molar refractivity (Wildman–Crippen MR) is 29.8 cm³/mol. The van der Waals surface area contributed by atoms with Gasteiger partial charge in [-0.3, -0.25) is 0 Å². The second kappa shape index (κ2) is 4.66. The summed E-state index contributed by atoms with van der Waals surface area (Å²) >= 11 is 0. The molecule has 0 rings (SSSR count). The van der Waals surface area contributed by atoms with Crippen molar-refractivity contribution in [2.75, 3.05) is 12.3 Å². The fourth-order valence-corrected chi connectivity index (χ4v) is 0.612. The molecule has 0 fully saturated rings. The van der Waals surface area contributed by atoms with Crippen molar-refractivity contribution < 1.29 is 4.57 Å². The van der Waals surface area contributed by atoms with Gasteiger partial charge in [-0.05, 0) is 12.3 Å². The Morgan fingerprint density at radius 3 is 2.40 bits per heavy atom. The molecule has 2 unspecified atom stereocenters. The molecule has 0 aliphatic heterocycles. The molecule has 0 spiro atoms. The average molecular weight is 110 g/mol. The van der Waals surface area contributed by atoms with Crippen molar-refractivity contribution >= 4 is 17.7 Å². The van der Waals surface area contributed by atoms with Gasteiger partial charge in [-0.2, -0.15) is 0 Å². The molecule has 5 heavy (non-hydrogen) atoms. The maximum Gasteiger partial charge on any atom is 0.0648 e. The summed E-state index contributed by atoms with van der Waals surface area (Å²) in [7, 11) is 2.04. The van der Waals surface area contributed by atoms with Gasteiger partial charge in [0, 0.05) is 0 Å². The highest BCUT2D eigenvalue weighted by Crippen LogP contribution is 1.91. The Balaban J connectivity index is 2.40. The van der Waals surface area contributed by atoms with Gasteiger partial charge in [0.05, 0.1) is 8.46 Å². The lowest BCUT2D eigenvalue weighted by Crippen LogP contribution is -1.63. The van der Waals surface area contributed by atoms with E-state index in [9.17, 15) is 4.57 Å². The second-order valence-electron chi connectivity index (χ2n) is 0.744. The summed E-state index contributed by atoms with van der Waals surface area (Å²) in [5.74, 6) is 0. The van der Waals surface area contributed by atoms with Crippen molar-refractivity contribution in [2.24, 2.45) is 0 Å². The van der Waals surface area contributed by atoms with E-state index in [1.54, 1.807) is 0 Å². The highest BCUT2D eigenvalue weighted by atomic mass is 31.1. The van der Waals surface area contributed by atoms with Crippen LogP contribution in [0.4, 0.5) is 0 Å². The van der Waals surface area contributed by atoms with Crippen molar-refractivity contribution in [2.45, 2.75) is 0 Å². The van der Waals surface area contributed by atoms with Gasteiger partial charge in [0.25, 0.3) is 0 Å². The zero-order valence-electron chi connectivity index (χ0n) is 2.98.